The van der Waals surface area contributed by atoms with Gasteiger partial charge in [0.05, 0.1) is 23.3 Å². The molecule has 2 N–H and O–H groups in total. The number of aryl methyl sites for hydroxylation is 1. The second-order valence-corrected chi connectivity index (χ2v) is 7.02. The number of aromatic carboxylic acids is 1. The molecule has 0 aromatic heterocycles. The topological polar surface area (TPSA) is 75.6 Å². The number of hydrogen-bond acceptors (Lipinski definition) is 4. The monoisotopic (exact) mass is 369 g/mol. The SMILES string of the molecule is COc1c(C)c(C)cc2c1SCC(C(=O)Nc1ccccc1C(=O)O)=C2. The van der Waals surface area contributed by atoms with Gasteiger partial charge in [0.25, 0.3) is 5.91 Å². The number of carboxylic acids is 1. The summed E-state index contributed by atoms with van der Waals surface area (Å²) < 4.78 is 5.54. The van der Waals surface area contributed by atoms with E-state index in [4.69, 9.17) is 4.74 Å². The van der Waals surface area contributed by atoms with Gasteiger partial charge in [-0.25, -0.2) is 4.79 Å². The first kappa shape index (κ1) is 18.1. The van der Waals surface area contributed by atoms with E-state index in [0.29, 0.717) is 17.0 Å². The van der Waals surface area contributed by atoms with Crippen molar-refractivity contribution >= 4 is 35.4 Å². The van der Waals surface area contributed by atoms with E-state index in [1.54, 1.807) is 37.1 Å². The Balaban J connectivity index is 1.93. The van der Waals surface area contributed by atoms with Gasteiger partial charge in [0.1, 0.15) is 5.75 Å². The van der Waals surface area contributed by atoms with Crippen LogP contribution in [0.4, 0.5) is 5.69 Å². The van der Waals surface area contributed by atoms with Gasteiger partial charge in [-0.1, -0.05) is 18.2 Å². The molecule has 0 saturated heterocycles. The molecule has 1 aliphatic rings. The van der Waals surface area contributed by atoms with Crippen LogP contribution in [0.25, 0.3) is 6.08 Å². The summed E-state index contributed by atoms with van der Waals surface area (Å²) in [6.45, 7) is 4.03. The third kappa shape index (κ3) is 3.32. The van der Waals surface area contributed by atoms with Crippen molar-refractivity contribution in [1.29, 1.82) is 0 Å². The highest BCUT2D eigenvalue weighted by Gasteiger charge is 2.22. The molecule has 26 heavy (non-hydrogen) atoms. The number of para-hydroxylation sites is 1. The summed E-state index contributed by atoms with van der Waals surface area (Å²) >= 11 is 1.55. The molecule has 0 unspecified atom stereocenters. The van der Waals surface area contributed by atoms with Gasteiger partial charge in [0, 0.05) is 11.3 Å². The van der Waals surface area contributed by atoms with Crippen LogP contribution < -0.4 is 10.1 Å². The van der Waals surface area contributed by atoms with Gasteiger partial charge in [-0.05, 0) is 48.7 Å². The second-order valence-electron chi connectivity index (χ2n) is 6.03. The summed E-state index contributed by atoms with van der Waals surface area (Å²) in [5, 5.41) is 12.0. The van der Waals surface area contributed by atoms with Crippen molar-refractivity contribution < 1.29 is 19.4 Å². The van der Waals surface area contributed by atoms with Gasteiger partial charge in [-0.3, -0.25) is 4.79 Å². The Labute approximate surface area is 156 Å². The molecule has 1 aliphatic heterocycles. The lowest BCUT2D eigenvalue weighted by Crippen LogP contribution is -2.19. The van der Waals surface area contributed by atoms with Crippen molar-refractivity contribution in [2.24, 2.45) is 0 Å². The fourth-order valence-electron chi connectivity index (χ4n) is 2.88. The van der Waals surface area contributed by atoms with Crippen LogP contribution in [-0.2, 0) is 4.79 Å². The number of carbonyl (C=O) groups excluding carboxylic acids is 1. The molecule has 5 nitrogen and oxygen atoms in total. The quantitative estimate of drug-likeness (QED) is 0.847. The number of anilines is 1. The van der Waals surface area contributed by atoms with Gasteiger partial charge >= 0.3 is 5.97 Å². The lowest BCUT2D eigenvalue weighted by atomic mass is 10.0. The van der Waals surface area contributed by atoms with Crippen LogP contribution in [0, 0.1) is 13.8 Å². The van der Waals surface area contributed by atoms with E-state index in [2.05, 4.69) is 5.32 Å². The van der Waals surface area contributed by atoms with E-state index in [1.807, 2.05) is 26.0 Å². The van der Waals surface area contributed by atoms with Crippen LogP contribution in [0.2, 0.25) is 0 Å². The van der Waals surface area contributed by atoms with Gasteiger partial charge in [0.2, 0.25) is 0 Å². The molecule has 0 radical (unpaired) electrons. The number of ether oxygens (including phenoxy) is 1. The number of fused-ring (bicyclic) bond motifs is 1. The zero-order chi connectivity index (χ0) is 18.8. The maximum Gasteiger partial charge on any atom is 0.337 e. The first-order valence-electron chi connectivity index (χ1n) is 8.07. The number of carbonyl (C=O) groups is 2. The third-order valence-corrected chi connectivity index (χ3v) is 5.54. The molecule has 1 heterocycles. The van der Waals surface area contributed by atoms with E-state index < -0.39 is 5.97 Å². The lowest BCUT2D eigenvalue weighted by Gasteiger charge is -2.21. The number of rotatable bonds is 4. The minimum atomic E-state index is -1.07. The Kier molecular flexibility index (Phi) is 5.04. The maximum atomic E-state index is 12.6. The second kappa shape index (κ2) is 7.25. The molecule has 0 aliphatic carbocycles. The number of amides is 1. The fourth-order valence-corrected chi connectivity index (χ4v) is 4.05. The van der Waals surface area contributed by atoms with E-state index in [1.165, 1.54) is 6.07 Å². The van der Waals surface area contributed by atoms with Crippen LogP contribution in [0.1, 0.15) is 27.0 Å². The highest BCUT2D eigenvalue weighted by molar-refractivity contribution is 7.99. The molecule has 0 atom stereocenters. The van der Waals surface area contributed by atoms with Crippen LogP contribution in [0.15, 0.2) is 40.8 Å². The number of hydrogen-bond donors (Lipinski definition) is 2. The Morgan fingerprint density at radius 3 is 2.65 bits per heavy atom. The van der Waals surface area contributed by atoms with Crippen molar-refractivity contribution in [1.82, 2.24) is 0 Å². The molecule has 0 fully saturated rings. The van der Waals surface area contributed by atoms with Gasteiger partial charge < -0.3 is 15.2 Å². The minimum absolute atomic E-state index is 0.0680. The molecule has 6 heteroatoms. The standard InChI is InChI=1S/C20H19NO4S/c1-11-8-13-9-14(10-26-18(13)17(25-3)12(11)2)19(22)21-16-7-5-4-6-15(16)20(23)24/h4-9H,10H2,1-3H3,(H,21,22)(H,23,24). The van der Waals surface area contributed by atoms with E-state index >= 15 is 0 Å². The summed E-state index contributed by atoms with van der Waals surface area (Å²) in [6, 6.07) is 8.41. The van der Waals surface area contributed by atoms with Crippen molar-refractivity contribution in [2.75, 3.05) is 18.2 Å². The predicted molar refractivity (Wildman–Crippen MR) is 103 cm³/mol. The molecule has 1 amide bonds. The summed E-state index contributed by atoms with van der Waals surface area (Å²) in [7, 11) is 1.65. The van der Waals surface area contributed by atoms with Crippen molar-refractivity contribution in [3.63, 3.8) is 0 Å². The van der Waals surface area contributed by atoms with Crippen LogP contribution in [0.3, 0.4) is 0 Å². The highest BCUT2D eigenvalue weighted by Crippen LogP contribution is 2.42. The Morgan fingerprint density at radius 1 is 1.23 bits per heavy atom. The molecule has 2 aromatic rings. The maximum absolute atomic E-state index is 12.6. The molecule has 0 bridgehead atoms. The Morgan fingerprint density at radius 2 is 1.96 bits per heavy atom. The fraction of sp³-hybridized carbons (Fsp3) is 0.200. The lowest BCUT2D eigenvalue weighted by molar-refractivity contribution is -0.112. The zero-order valence-corrected chi connectivity index (χ0v) is 15.6. The average Bonchev–Trinajstić information content (AvgIpc) is 2.62. The van der Waals surface area contributed by atoms with Crippen molar-refractivity contribution in [3.05, 3.63) is 58.2 Å². The minimum Gasteiger partial charge on any atom is -0.495 e. The predicted octanol–water partition coefficient (Wildman–Crippen LogP) is 4.14. The van der Waals surface area contributed by atoms with Gasteiger partial charge in [-0.2, -0.15) is 0 Å². The first-order valence-corrected chi connectivity index (χ1v) is 9.06. The van der Waals surface area contributed by atoms with Gasteiger partial charge in [-0.15, -0.1) is 11.8 Å². The van der Waals surface area contributed by atoms with E-state index in [-0.39, 0.29) is 11.5 Å². The molecular formula is C20H19NO4S. The summed E-state index contributed by atoms with van der Waals surface area (Å²) in [5.41, 5.74) is 4.08. The molecular weight excluding hydrogens is 350 g/mol. The van der Waals surface area contributed by atoms with Gasteiger partial charge in [0.15, 0.2) is 0 Å². The summed E-state index contributed by atoms with van der Waals surface area (Å²) in [5.74, 6) is -0.0347. The molecule has 2 aromatic carbocycles. The van der Waals surface area contributed by atoms with E-state index in [9.17, 15) is 14.7 Å². The van der Waals surface area contributed by atoms with Crippen molar-refractivity contribution in [2.45, 2.75) is 18.7 Å². The molecule has 0 spiro atoms. The first-order chi connectivity index (χ1) is 12.4. The van der Waals surface area contributed by atoms with Crippen LogP contribution in [-0.4, -0.2) is 29.8 Å². The number of carboxylic acid groups (broad SMARTS) is 1. The van der Waals surface area contributed by atoms with Crippen LogP contribution >= 0.6 is 11.8 Å². The molecule has 3 rings (SSSR count). The summed E-state index contributed by atoms with van der Waals surface area (Å²) in [4.78, 5) is 25.0. The highest BCUT2D eigenvalue weighted by atomic mass is 32.2. The average molecular weight is 369 g/mol. The zero-order valence-electron chi connectivity index (χ0n) is 14.8. The number of nitrogens with one attached hydrogen (secondary N) is 1. The number of benzene rings is 2. The molecule has 134 valence electrons. The van der Waals surface area contributed by atoms with E-state index in [0.717, 1.165) is 27.3 Å². The smallest absolute Gasteiger partial charge is 0.337 e. The largest absolute Gasteiger partial charge is 0.495 e. The number of thioether (sulfide) groups is 1. The van der Waals surface area contributed by atoms with Crippen LogP contribution in [0.5, 0.6) is 5.75 Å². The third-order valence-electron chi connectivity index (χ3n) is 4.38. The Hall–Kier alpha value is -2.73. The van der Waals surface area contributed by atoms with Crippen molar-refractivity contribution in [3.8, 4) is 5.75 Å². The normalized spacial score (nSPS) is 12.8. The summed E-state index contributed by atoms with van der Waals surface area (Å²) in [6.07, 6.45) is 1.85. The Bertz CT molecular complexity index is 934. The number of methoxy groups -OCH3 is 1. The molecule has 0 saturated carbocycles.